The lowest BCUT2D eigenvalue weighted by Crippen LogP contribution is -1.93. The predicted octanol–water partition coefficient (Wildman–Crippen LogP) is 15.1. The minimum atomic E-state index is 0.857. The minimum absolute atomic E-state index is 0.857. The SMILES string of the molecule is c1ccc(-c2nc3ccccc3c3c(-c4cccc(-c5ccc(-c6cccc7c6c6ccccc6n7-c6ccccc6)cc5)c4)c4c(cc23)oc2ccccc24)cc1. The number of benzene rings is 9. The van der Waals surface area contributed by atoms with E-state index in [1.807, 2.05) is 6.07 Å². The Morgan fingerprint density at radius 3 is 1.84 bits per heavy atom. The zero-order chi connectivity index (χ0) is 38.2. The van der Waals surface area contributed by atoms with Crippen molar-refractivity contribution in [2.45, 2.75) is 0 Å². The second-order valence-corrected chi connectivity index (χ2v) is 15.0. The van der Waals surface area contributed by atoms with Crippen LogP contribution in [-0.2, 0) is 0 Å². The molecule has 0 radical (unpaired) electrons. The number of aromatic nitrogens is 2. The molecule has 0 fully saturated rings. The maximum atomic E-state index is 6.65. The van der Waals surface area contributed by atoms with Gasteiger partial charge in [-0.25, -0.2) is 4.98 Å². The van der Waals surface area contributed by atoms with Gasteiger partial charge in [0, 0.05) is 54.5 Å². The summed E-state index contributed by atoms with van der Waals surface area (Å²) in [5.41, 5.74) is 15.3. The third-order valence-corrected chi connectivity index (χ3v) is 11.8. The molecule has 0 aliphatic rings. The zero-order valence-electron chi connectivity index (χ0n) is 31.4. The van der Waals surface area contributed by atoms with Gasteiger partial charge in [0.1, 0.15) is 11.2 Å². The second-order valence-electron chi connectivity index (χ2n) is 15.0. The van der Waals surface area contributed by atoms with Gasteiger partial charge in [0.25, 0.3) is 0 Å². The largest absolute Gasteiger partial charge is 0.456 e. The van der Waals surface area contributed by atoms with Crippen molar-refractivity contribution in [2.24, 2.45) is 0 Å². The Kier molecular flexibility index (Phi) is 7.23. The number of nitrogens with zero attached hydrogens (tertiary/aromatic N) is 2. The molecule has 12 rings (SSSR count). The molecule has 0 saturated carbocycles. The van der Waals surface area contributed by atoms with Gasteiger partial charge in [0.05, 0.1) is 22.2 Å². The smallest absolute Gasteiger partial charge is 0.136 e. The molecule has 12 aromatic rings. The van der Waals surface area contributed by atoms with Crippen LogP contribution < -0.4 is 0 Å². The summed E-state index contributed by atoms with van der Waals surface area (Å²) in [7, 11) is 0. The molecule has 0 bridgehead atoms. The van der Waals surface area contributed by atoms with Crippen molar-refractivity contribution in [1.82, 2.24) is 9.55 Å². The summed E-state index contributed by atoms with van der Waals surface area (Å²) in [6.45, 7) is 0. The predicted molar refractivity (Wildman–Crippen MR) is 243 cm³/mol. The van der Waals surface area contributed by atoms with Crippen molar-refractivity contribution >= 4 is 65.4 Å². The molecule has 3 aromatic heterocycles. The molecule has 3 nitrogen and oxygen atoms in total. The van der Waals surface area contributed by atoms with E-state index >= 15 is 0 Å². The molecule has 9 aromatic carbocycles. The summed E-state index contributed by atoms with van der Waals surface area (Å²) in [6.07, 6.45) is 0. The average Bonchev–Trinajstić information content (AvgIpc) is 3.84. The van der Waals surface area contributed by atoms with Gasteiger partial charge in [-0.05, 0) is 76.3 Å². The van der Waals surface area contributed by atoms with Crippen molar-refractivity contribution in [3.8, 4) is 50.3 Å². The molecule has 0 aliphatic heterocycles. The monoisotopic (exact) mass is 738 g/mol. The van der Waals surface area contributed by atoms with Crippen molar-refractivity contribution < 1.29 is 4.42 Å². The fraction of sp³-hybridized carbons (Fsp3) is 0. The van der Waals surface area contributed by atoms with Gasteiger partial charge in [0.15, 0.2) is 0 Å². The lowest BCUT2D eigenvalue weighted by molar-refractivity contribution is 0.669. The van der Waals surface area contributed by atoms with Crippen LogP contribution in [0.1, 0.15) is 0 Å². The molecule has 0 unspecified atom stereocenters. The first-order valence-electron chi connectivity index (χ1n) is 19.8. The van der Waals surface area contributed by atoms with Crippen molar-refractivity contribution in [3.05, 3.63) is 206 Å². The van der Waals surface area contributed by atoms with Gasteiger partial charge in [-0.1, -0.05) is 158 Å². The number of pyridine rings is 1. The van der Waals surface area contributed by atoms with E-state index in [0.717, 1.165) is 77.4 Å². The Morgan fingerprint density at radius 2 is 1.00 bits per heavy atom. The number of hydrogen-bond donors (Lipinski definition) is 0. The van der Waals surface area contributed by atoms with E-state index in [4.69, 9.17) is 9.40 Å². The first-order chi connectivity index (χ1) is 28.8. The fourth-order valence-corrected chi connectivity index (χ4v) is 9.23. The van der Waals surface area contributed by atoms with Gasteiger partial charge in [-0.3, -0.25) is 0 Å². The third kappa shape index (κ3) is 4.97. The first-order valence-corrected chi connectivity index (χ1v) is 19.8. The van der Waals surface area contributed by atoms with Gasteiger partial charge in [-0.15, -0.1) is 0 Å². The molecule has 0 aliphatic carbocycles. The zero-order valence-corrected chi connectivity index (χ0v) is 31.4. The molecule has 3 heteroatoms. The molecular formula is C55H34N2O. The summed E-state index contributed by atoms with van der Waals surface area (Å²) in [5, 5.41) is 8.11. The number of rotatable bonds is 5. The van der Waals surface area contributed by atoms with Crippen LogP contribution in [-0.4, -0.2) is 9.55 Å². The Balaban J connectivity index is 1.05. The lowest BCUT2D eigenvalue weighted by atomic mass is 9.88. The first kappa shape index (κ1) is 32.5. The summed E-state index contributed by atoms with van der Waals surface area (Å²) >= 11 is 0. The highest BCUT2D eigenvalue weighted by Gasteiger charge is 2.22. The average molecular weight is 739 g/mol. The van der Waals surface area contributed by atoms with Crippen molar-refractivity contribution in [1.29, 1.82) is 0 Å². The molecule has 3 heterocycles. The van der Waals surface area contributed by atoms with Gasteiger partial charge in [-0.2, -0.15) is 0 Å². The lowest BCUT2D eigenvalue weighted by Gasteiger charge is -2.16. The standard InChI is InChI=1S/C55H34N2O/c1-3-15-37(16-4-1)55-45-34-50-54(44-23-9-12-28-49(44)58-50)51(53(45)42-21-7-10-25-46(42)56-55)39-18-13-17-38(33-39)35-29-31-36(32-30-35)41-24-14-27-48-52(41)43-22-8-11-26-47(43)57(48)40-19-5-2-6-20-40/h1-34H. The van der Waals surface area contributed by atoms with Gasteiger partial charge < -0.3 is 8.98 Å². The maximum Gasteiger partial charge on any atom is 0.136 e. The molecular weight excluding hydrogens is 705 g/mol. The molecule has 0 atom stereocenters. The number of hydrogen-bond acceptors (Lipinski definition) is 2. The molecule has 0 saturated heterocycles. The van der Waals surface area contributed by atoms with E-state index in [1.54, 1.807) is 0 Å². The van der Waals surface area contributed by atoms with Gasteiger partial charge in [0.2, 0.25) is 0 Å². The number of furan rings is 1. The summed E-state index contributed by atoms with van der Waals surface area (Å²) in [5.74, 6) is 0. The Labute approximate surface area is 334 Å². The van der Waals surface area contributed by atoms with Gasteiger partial charge >= 0.3 is 0 Å². The van der Waals surface area contributed by atoms with E-state index in [2.05, 4.69) is 205 Å². The summed E-state index contributed by atoms with van der Waals surface area (Å²) < 4.78 is 9.03. The highest BCUT2D eigenvalue weighted by atomic mass is 16.3. The third-order valence-electron chi connectivity index (χ3n) is 11.8. The van der Waals surface area contributed by atoms with Crippen LogP contribution in [0.15, 0.2) is 211 Å². The fourth-order valence-electron chi connectivity index (χ4n) is 9.23. The van der Waals surface area contributed by atoms with Crippen LogP contribution in [0.25, 0.3) is 116 Å². The van der Waals surface area contributed by atoms with E-state index in [-0.39, 0.29) is 0 Å². The quantitative estimate of drug-likeness (QED) is 0.165. The van der Waals surface area contributed by atoms with Crippen LogP contribution in [0, 0.1) is 0 Å². The highest BCUT2D eigenvalue weighted by molar-refractivity contribution is 6.28. The van der Waals surface area contributed by atoms with Crippen molar-refractivity contribution in [2.75, 3.05) is 0 Å². The van der Waals surface area contributed by atoms with Crippen LogP contribution in [0.4, 0.5) is 0 Å². The Bertz CT molecular complexity index is 3540. The molecule has 0 amide bonds. The number of fused-ring (bicyclic) bond motifs is 9. The summed E-state index contributed by atoms with van der Waals surface area (Å²) in [6, 6.07) is 73.8. The topological polar surface area (TPSA) is 31.0 Å². The highest BCUT2D eigenvalue weighted by Crippen LogP contribution is 2.47. The van der Waals surface area contributed by atoms with E-state index in [0.29, 0.717) is 0 Å². The molecule has 270 valence electrons. The second kappa shape index (κ2) is 12.9. The normalized spacial score (nSPS) is 11.8. The Morgan fingerprint density at radius 1 is 0.362 bits per heavy atom. The van der Waals surface area contributed by atoms with Crippen LogP contribution in [0.3, 0.4) is 0 Å². The van der Waals surface area contributed by atoms with Crippen LogP contribution in [0.2, 0.25) is 0 Å². The molecule has 0 spiro atoms. The number of para-hydroxylation sites is 4. The van der Waals surface area contributed by atoms with Crippen molar-refractivity contribution in [3.63, 3.8) is 0 Å². The summed E-state index contributed by atoms with van der Waals surface area (Å²) in [4.78, 5) is 5.28. The van der Waals surface area contributed by atoms with E-state index in [9.17, 15) is 0 Å². The Hall–Kier alpha value is -7.75. The molecule has 58 heavy (non-hydrogen) atoms. The molecule has 0 N–H and O–H groups in total. The maximum absolute atomic E-state index is 6.65. The van der Waals surface area contributed by atoms with Crippen LogP contribution >= 0.6 is 0 Å². The van der Waals surface area contributed by atoms with E-state index < -0.39 is 0 Å². The minimum Gasteiger partial charge on any atom is -0.456 e. The van der Waals surface area contributed by atoms with E-state index in [1.165, 1.54) is 38.3 Å². The van der Waals surface area contributed by atoms with Crippen LogP contribution in [0.5, 0.6) is 0 Å².